The molecule has 5 rings (SSSR count). The van der Waals surface area contributed by atoms with Crippen molar-refractivity contribution in [3.63, 3.8) is 0 Å². The lowest BCUT2D eigenvalue weighted by Gasteiger charge is -2.44. The second-order valence-electron chi connectivity index (χ2n) is 5.74. The summed E-state index contributed by atoms with van der Waals surface area (Å²) < 4.78 is 5.56. The Balaban J connectivity index is 1.52. The first-order valence-electron chi connectivity index (χ1n) is 7.16. The van der Waals surface area contributed by atoms with Crippen molar-refractivity contribution in [1.29, 1.82) is 0 Å². The van der Waals surface area contributed by atoms with E-state index in [9.17, 15) is 4.79 Å². The van der Waals surface area contributed by atoms with E-state index >= 15 is 0 Å². The molecule has 0 aromatic carbocycles. The maximum absolute atomic E-state index is 12.3. The predicted octanol–water partition coefficient (Wildman–Crippen LogP) is 1.65. The standard InChI is InChI=1S/C15H17N3O2/c19-15(13-7-11-1-4-16-8-14(11)20-13)17-12-9-18-5-2-10(12)3-6-18/h1,4,7-8,10,12H,2-3,5-6,9H2,(H,17,19)/t12-/m1/s1. The number of piperidine rings is 3. The van der Waals surface area contributed by atoms with Crippen molar-refractivity contribution in [2.75, 3.05) is 19.6 Å². The SMILES string of the molecule is O=C(N[C@@H]1CN2CCC1CC2)c1cc2ccncc2o1. The summed E-state index contributed by atoms with van der Waals surface area (Å²) in [7, 11) is 0. The molecular formula is C15H17N3O2. The smallest absolute Gasteiger partial charge is 0.287 e. The van der Waals surface area contributed by atoms with Crippen LogP contribution < -0.4 is 5.32 Å². The molecule has 5 heteroatoms. The molecule has 2 aromatic rings. The maximum atomic E-state index is 12.3. The molecule has 0 spiro atoms. The number of nitrogens with one attached hydrogen (secondary N) is 1. The van der Waals surface area contributed by atoms with Crippen LogP contribution in [0.15, 0.2) is 28.9 Å². The van der Waals surface area contributed by atoms with E-state index in [2.05, 4.69) is 15.2 Å². The molecule has 3 aliphatic heterocycles. The van der Waals surface area contributed by atoms with Gasteiger partial charge in [-0.3, -0.25) is 9.78 Å². The molecule has 0 aliphatic carbocycles. The molecule has 1 amide bonds. The van der Waals surface area contributed by atoms with E-state index < -0.39 is 0 Å². The van der Waals surface area contributed by atoms with Crippen molar-refractivity contribution in [3.8, 4) is 0 Å². The number of furan rings is 1. The van der Waals surface area contributed by atoms with Crippen molar-refractivity contribution in [1.82, 2.24) is 15.2 Å². The fourth-order valence-electron chi connectivity index (χ4n) is 3.36. The van der Waals surface area contributed by atoms with E-state index in [4.69, 9.17) is 4.42 Å². The number of amides is 1. The van der Waals surface area contributed by atoms with E-state index in [1.807, 2.05) is 6.07 Å². The zero-order valence-electron chi connectivity index (χ0n) is 11.2. The molecule has 104 valence electrons. The number of fused-ring (bicyclic) bond motifs is 4. The Bertz CT molecular complexity index is 610. The number of carbonyl (C=O) groups is 1. The highest BCUT2D eigenvalue weighted by atomic mass is 16.3. The first-order chi connectivity index (χ1) is 9.79. The summed E-state index contributed by atoms with van der Waals surface area (Å²) in [6.07, 6.45) is 5.72. The Morgan fingerprint density at radius 2 is 2.25 bits per heavy atom. The van der Waals surface area contributed by atoms with Crippen molar-refractivity contribution in [2.24, 2.45) is 5.92 Å². The van der Waals surface area contributed by atoms with Gasteiger partial charge in [0.05, 0.1) is 6.20 Å². The summed E-state index contributed by atoms with van der Waals surface area (Å²) in [4.78, 5) is 18.7. The van der Waals surface area contributed by atoms with Gasteiger partial charge >= 0.3 is 0 Å². The van der Waals surface area contributed by atoms with E-state index in [0.29, 0.717) is 17.3 Å². The fraction of sp³-hybridized carbons (Fsp3) is 0.467. The number of hydrogen-bond donors (Lipinski definition) is 1. The molecule has 5 nitrogen and oxygen atoms in total. The van der Waals surface area contributed by atoms with Crippen LogP contribution in [0.1, 0.15) is 23.4 Å². The molecule has 2 aromatic heterocycles. The predicted molar refractivity (Wildman–Crippen MR) is 74.4 cm³/mol. The molecule has 3 aliphatic rings. The van der Waals surface area contributed by atoms with Gasteiger partial charge in [0, 0.05) is 24.2 Å². The van der Waals surface area contributed by atoms with E-state index in [1.165, 1.54) is 25.9 Å². The average Bonchev–Trinajstić information content (AvgIpc) is 2.92. The zero-order chi connectivity index (χ0) is 13.5. The lowest BCUT2D eigenvalue weighted by Crippen LogP contribution is -2.57. The van der Waals surface area contributed by atoms with Crippen LogP contribution in [0, 0.1) is 5.92 Å². The quantitative estimate of drug-likeness (QED) is 0.902. The Morgan fingerprint density at radius 3 is 2.95 bits per heavy atom. The van der Waals surface area contributed by atoms with Crippen LogP contribution in [-0.2, 0) is 0 Å². The number of hydrogen-bond acceptors (Lipinski definition) is 4. The first kappa shape index (κ1) is 11.9. The van der Waals surface area contributed by atoms with Gasteiger partial charge in [0.25, 0.3) is 5.91 Å². The van der Waals surface area contributed by atoms with Crippen LogP contribution in [0.4, 0.5) is 0 Å². The monoisotopic (exact) mass is 271 g/mol. The molecule has 20 heavy (non-hydrogen) atoms. The molecule has 1 N–H and O–H groups in total. The van der Waals surface area contributed by atoms with Crippen LogP contribution in [0.3, 0.4) is 0 Å². The lowest BCUT2D eigenvalue weighted by atomic mass is 9.84. The van der Waals surface area contributed by atoms with Crippen LogP contribution in [0.25, 0.3) is 11.0 Å². The van der Waals surface area contributed by atoms with Crippen molar-refractivity contribution in [2.45, 2.75) is 18.9 Å². The number of nitrogens with zero attached hydrogens (tertiary/aromatic N) is 2. The molecule has 0 saturated carbocycles. The molecule has 1 atom stereocenters. The van der Waals surface area contributed by atoms with Crippen LogP contribution in [0.2, 0.25) is 0 Å². The van der Waals surface area contributed by atoms with Gasteiger partial charge in [-0.1, -0.05) is 0 Å². The molecule has 3 saturated heterocycles. The summed E-state index contributed by atoms with van der Waals surface area (Å²) in [5, 5.41) is 4.05. The second kappa shape index (κ2) is 4.59. The highest BCUT2D eigenvalue weighted by Gasteiger charge is 2.35. The summed E-state index contributed by atoms with van der Waals surface area (Å²) in [5.41, 5.74) is 0.659. The van der Waals surface area contributed by atoms with Crippen molar-refractivity contribution in [3.05, 3.63) is 30.3 Å². The minimum absolute atomic E-state index is 0.111. The molecular weight excluding hydrogens is 254 g/mol. The van der Waals surface area contributed by atoms with Crippen LogP contribution in [0.5, 0.6) is 0 Å². The van der Waals surface area contributed by atoms with Crippen LogP contribution in [-0.4, -0.2) is 41.5 Å². The molecule has 5 heterocycles. The molecule has 3 fully saturated rings. The summed E-state index contributed by atoms with van der Waals surface area (Å²) in [6, 6.07) is 3.90. The number of pyridine rings is 1. The molecule has 2 bridgehead atoms. The third kappa shape index (κ3) is 1.98. The Morgan fingerprint density at radius 1 is 1.40 bits per heavy atom. The number of aromatic nitrogens is 1. The van der Waals surface area contributed by atoms with E-state index in [1.54, 1.807) is 18.5 Å². The van der Waals surface area contributed by atoms with Crippen LogP contribution >= 0.6 is 0 Å². The highest BCUT2D eigenvalue weighted by molar-refractivity contribution is 5.96. The lowest BCUT2D eigenvalue weighted by molar-refractivity contribution is 0.0607. The first-order valence-corrected chi connectivity index (χ1v) is 7.16. The molecule has 0 unspecified atom stereocenters. The van der Waals surface area contributed by atoms with Crippen molar-refractivity contribution >= 4 is 16.9 Å². The van der Waals surface area contributed by atoms with E-state index in [0.717, 1.165) is 11.9 Å². The summed E-state index contributed by atoms with van der Waals surface area (Å²) in [5.74, 6) is 0.888. The molecule has 0 radical (unpaired) electrons. The summed E-state index contributed by atoms with van der Waals surface area (Å²) in [6.45, 7) is 3.32. The summed E-state index contributed by atoms with van der Waals surface area (Å²) >= 11 is 0. The van der Waals surface area contributed by atoms with Gasteiger partial charge < -0.3 is 14.6 Å². The Kier molecular flexibility index (Phi) is 2.73. The normalized spacial score (nSPS) is 28.7. The Hall–Kier alpha value is -1.88. The fourth-order valence-corrected chi connectivity index (χ4v) is 3.36. The van der Waals surface area contributed by atoms with Gasteiger partial charge in [-0.15, -0.1) is 0 Å². The Labute approximate surface area is 117 Å². The van der Waals surface area contributed by atoms with Gasteiger partial charge in [0.1, 0.15) is 0 Å². The van der Waals surface area contributed by atoms with Gasteiger partial charge in [0.2, 0.25) is 0 Å². The van der Waals surface area contributed by atoms with Crippen molar-refractivity contribution < 1.29 is 9.21 Å². The maximum Gasteiger partial charge on any atom is 0.287 e. The number of rotatable bonds is 2. The third-order valence-electron chi connectivity index (χ3n) is 4.52. The minimum atomic E-state index is -0.111. The zero-order valence-corrected chi connectivity index (χ0v) is 11.2. The third-order valence-corrected chi connectivity index (χ3v) is 4.52. The highest BCUT2D eigenvalue weighted by Crippen LogP contribution is 2.28. The number of carbonyl (C=O) groups excluding carboxylic acids is 1. The minimum Gasteiger partial charge on any atom is -0.449 e. The topological polar surface area (TPSA) is 58.4 Å². The van der Waals surface area contributed by atoms with E-state index in [-0.39, 0.29) is 11.9 Å². The van der Waals surface area contributed by atoms with Gasteiger partial charge in [-0.25, -0.2) is 0 Å². The van der Waals surface area contributed by atoms with Gasteiger partial charge in [-0.2, -0.15) is 0 Å². The van der Waals surface area contributed by atoms with Gasteiger partial charge in [-0.05, 0) is 44.0 Å². The average molecular weight is 271 g/mol. The van der Waals surface area contributed by atoms with Gasteiger partial charge in [0.15, 0.2) is 11.3 Å². The largest absolute Gasteiger partial charge is 0.449 e. The second-order valence-corrected chi connectivity index (χ2v) is 5.74.